The molecule has 1 amide bonds. The van der Waals surface area contributed by atoms with Gasteiger partial charge in [-0.2, -0.15) is 5.10 Å². The van der Waals surface area contributed by atoms with Crippen molar-refractivity contribution in [3.8, 4) is 11.3 Å². The number of carbonyl (C=O) groups excluding carboxylic acids is 1. The standard InChI is InChI=1S/C18H18N6O2S2/c1-10-6-12(11(2)28-10)14-8-27-18(21-14)22-15(25)4-5-24-9-19-16-13(17(24)26)7-20-23(16)3/h6-9H,4-5H2,1-3H3,(H,21,22,25). The maximum Gasteiger partial charge on any atom is 0.264 e. The highest BCUT2D eigenvalue weighted by atomic mass is 32.1. The maximum absolute atomic E-state index is 12.4. The normalized spacial score (nSPS) is 11.2. The summed E-state index contributed by atoms with van der Waals surface area (Å²) in [7, 11) is 1.73. The molecule has 0 saturated carbocycles. The number of carbonyl (C=O) groups is 1. The second-order valence-electron chi connectivity index (χ2n) is 6.41. The highest BCUT2D eigenvalue weighted by molar-refractivity contribution is 7.14. The van der Waals surface area contributed by atoms with Gasteiger partial charge in [-0.25, -0.2) is 9.97 Å². The fraction of sp³-hybridized carbons (Fsp3) is 0.278. The van der Waals surface area contributed by atoms with Gasteiger partial charge in [0.15, 0.2) is 10.8 Å². The molecule has 8 nitrogen and oxygen atoms in total. The molecule has 0 aromatic carbocycles. The molecule has 0 fully saturated rings. The van der Waals surface area contributed by atoms with Crippen molar-refractivity contribution in [3.63, 3.8) is 0 Å². The molecule has 28 heavy (non-hydrogen) atoms. The predicted molar refractivity (Wildman–Crippen MR) is 111 cm³/mol. The number of hydrogen-bond donors (Lipinski definition) is 1. The van der Waals surface area contributed by atoms with E-state index >= 15 is 0 Å². The molecule has 144 valence electrons. The number of amides is 1. The Morgan fingerprint density at radius 1 is 1.32 bits per heavy atom. The van der Waals surface area contributed by atoms with Crippen LogP contribution in [-0.4, -0.2) is 30.2 Å². The van der Waals surface area contributed by atoms with Crippen LogP contribution in [0.5, 0.6) is 0 Å². The molecule has 4 rings (SSSR count). The van der Waals surface area contributed by atoms with Crippen molar-refractivity contribution in [1.29, 1.82) is 0 Å². The van der Waals surface area contributed by atoms with Crippen LogP contribution < -0.4 is 10.9 Å². The predicted octanol–water partition coefficient (Wildman–Crippen LogP) is 2.96. The number of aromatic nitrogens is 5. The lowest BCUT2D eigenvalue weighted by atomic mass is 10.2. The second-order valence-corrected chi connectivity index (χ2v) is 8.73. The van der Waals surface area contributed by atoms with Crippen LogP contribution in [0.4, 0.5) is 5.13 Å². The SMILES string of the molecule is Cc1cc(-c2csc(NC(=O)CCn3cnc4c(cnn4C)c3=O)n2)c(C)s1. The minimum Gasteiger partial charge on any atom is -0.302 e. The van der Waals surface area contributed by atoms with Gasteiger partial charge in [-0.05, 0) is 19.9 Å². The van der Waals surface area contributed by atoms with E-state index in [1.165, 1.54) is 38.2 Å². The average molecular weight is 415 g/mol. The molecule has 10 heteroatoms. The van der Waals surface area contributed by atoms with Crippen molar-refractivity contribution in [3.05, 3.63) is 44.1 Å². The fourth-order valence-electron chi connectivity index (χ4n) is 2.97. The summed E-state index contributed by atoms with van der Waals surface area (Å²) in [4.78, 5) is 35.9. The summed E-state index contributed by atoms with van der Waals surface area (Å²) in [5.41, 5.74) is 2.29. The van der Waals surface area contributed by atoms with Crippen molar-refractivity contribution in [2.45, 2.75) is 26.8 Å². The highest BCUT2D eigenvalue weighted by Gasteiger charge is 2.13. The summed E-state index contributed by atoms with van der Waals surface area (Å²) in [6, 6.07) is 2.11. The van der Waals surface area contributed by atoms with Crippen LogP contribution in [-0.2, 0) is 18.4 Å². The molecule has 4 heterocycles. The summed E-state index contributed by atoms with van der Waals surface area (Å²) in [6.07, 6.45) is 3.09. The van der Waals surface area contributed by atoms with Crippen LogP contribution in [0.3, 0.4) is 0 Å². The van der Waals surface area contributed by atoms with Gasteiger partial charge in [0.25, 0.3) is 5.56 Å². The first-order valence-electron chi connectivity index (χ1n) is 8.62. The van der Waals surface area contributed by atoms with Gasteiger partial charge in [0.05, 0.1) is 18.2 Å². The molecule has 0 saturated heterocycles. The first-order valence-corrected chi connectivity index (χ1v) is 10.3. The number of rotatable bonds is 5. The van der Waals surface area contributed by atoms with E-state index in [1.807, 2.05) is 5.38 Å². The highest BCUT2D eigenvalue weighted by Crippen LogP contribution is 2.32. The van der Waals surface area contributed by atoms with Gasteiger partial charge in [0, 0.05) is 40.7 Å². The topological polar surface area (TPSA) is 94.7 Å². The van der Waals surface area contributed by atoms with E-state index in [2.05, 4.69) is 40.3 Å². The van der Waals surface area contributed by atoms with Crippen LogP contribution >= 0.6 is 22.7 Å². The van der Waals surface area contributed by atoms with Gasteiger partial charge in [0.1, 0.15) is 5.39 Å². The maximum atomic E-state index is 12.4. The Bertz CT molecular complexity index is 1230. The van der Waals surface area contributed by atoms with Gasteiger partial charge >= 0.3 is 0 Å². The van der Waals surface area contributed by atoms with E-state index in [-0.39, 0.29) is 24.4 Å². The van der Waals surface area contributed by atoms with Crippen LogP contribution in [0.25, 0.3) is 22.3 Å². The Morgan fingerprint density at radius 2 is 2.14 bits per heavy atom. The summed E-state index contributed by atoms with van der Waals surface area (Å²) in [6.45, 7) is 4.37. The summed E-state index contributed by atoms with van der Waals surface area (Å²) < 4.78 is 2.97. The zero-order valence-electron chi connectivity index (χ0n) is 15.6. The summed E-state index contributed by atoms with van der Waals surface area (Å²) >= 11 is 3.12. The Balaban J connectivity index is 1.42. The third kappa shape index (κ3) is 3.48. The van der Waals surface area contributed by atoms with Crippen molar-refractivity contribution in [1.82, 2.24) is 24.3 Å². The van der Waals surface area contributed by atoms with Crippen LogP contribution in [0.15, 0.2) is 28.8 Å². The molecule has 0 spiro atoms. The first kappa shape index (κ1) is 18.5. The quantitative estimate of drug-likeness (QED) is 0.542. The number of thiophene rings is 1. The van der Waals surface area contributed by atoms with Gasteiger partial charge < -0.3 is 5.32 Å². The number of nitrogens with zero attached hydrogens (tertiary/aromatic N) is 5. The van der Waals surface area contributed by atoms with Crippen LogP contribution in [0.1, 0.15) is 16.2 Å². The largest absolute Gasteiger partial charge is 0.302 e. The van der Waals surface area contributed by atoms with Gasteiger partial charge in [-0.3, -0.25) is 18.8 Å². The molecule has 0 bridgehead atoms. The molecule has 0 aliphatic heterocycles. The summed E-state index contributed by atoms with van der Waals surface area (Å²) in [5.74, 6) is -0.197. The molecule has 0 radical (unpaired) electrons. The minimum absolute atomic E-state index is 0.152. The number of fused-ring (bicyclic) bond motifs is 1. The van der Waals surface area contributed by atoms with E-state index in [9.17, 15) is 9.59 Å². The second kappa shape index (κ2) is 7.28. The smallest absolute Gasteiger partial charge is 0.264 e. The summed E-state index contributed by atoms with van der Waals surface area (Å²) in [5, 5.41) is 9.78. The van der Waals surface area contributed by atoms with E-state index in [4.69, 9.17) is 0 Å². The Kier molecular flexibility index (Phi) is 4.82. The first-order chi connectivity index (χ1) is 13.4. The van der Waals surface area contributed by atoms with Crippen molar-refractivity contribution in [2.24, 2.45) is 7.05 Å². The molecule has 1 N–H and O–H groups in total. The van der Waals surface area contributed by atoms with E-state index < -0.39 is 0 Å². The lowest BCUT2D eigenvalue weighted by Crippen LogP contribution is -2.23. The van der Waals surface area contributed by atoms with Crippen LogP contribution in [0, 0.1) is 13.8 Å². The van der Waals surface area contributed by atoms with Crippen molar-refractivity contribution < 1.29 is 4.79 Å². The Labute approximate surface area is 168 Å². The molecular formula is C18H18N6O2S2. The molecule has 4 aromatic rings. The molecule has 0 aliphatic carbocycles. The molecule has 0 aliphatic rings. The van der Waals surface area contributed by atoms with E-state index in [0.29, 0.717) is 16.2 Å². The fourth-order valence-corrected chi connectivity index (χ4v) is 4.63. The van der Waals surface area contributed by atoms with Gasteiger partial charge in [-0.1, -0.05) is 0 Å². The lowest BCUT2D eigenvalue weighted by molar-refractivity contribution is -0.116. The monoisotopic (exact) mass is 414 g/mol. The van der Waals surface area contributed by atoms with Gasteiger partial charge in [0.2, 0.25) is 5.91 Å². The Morgan fingerprint density at radius 3 is 2.89 bits per heavy atom. The van der Waals surface area contributed by atoms with E-state index in [1.54, 1.807) is 23.1 Å². The molecule has 0 atom stereocenters. The number of aryl methyl sites for hydroxylation is 4. The van der Waals surface area contributed by atoms with Crippen molar-refractivity contribution >= 4 is 44.7 Å². The number of thiazole rings is 1. The van der Waals surface area contributed by atoms with Crippen LogP contribution in [0.2, 0.25) is 0 Å². The van der Waals surface area contributed by atoms with E-state index in [0.717, 1.165) is 11.3 Å². The molecule has 0 unspecified atom stereocenters. The molecular weight excluding hydrogens is 396 g/mol. The number of anilines is 1. The molecule has 4 aromatic heterocycles. The average Bonchev–Trinajstić information content (AvgIpc) is 3.34. The number of nitrogens with one attached hydrogen (secondary N) is 1. The zero-order valence-corrected chi connectivity index (χ0v) is 17.2. The van der Waals surface area contributed by atoms with Crippen molar-refractivity contribution in [2.75, 3.05) is 5.32 Å². The Hall–Kier alpha value is -2.85. The minimum atomic E-state index is -0.203. The third-order valence-electron chi connectivity index (χ3n) is 4.37. The third-order valence-corrected chi connectivity index (χ3v) is 6.09. The number of hydrogen-bond acceptors (Lipinski definition) is 7. The lowest BCUT2D eigenvalue weighted by Gasteiger charge is -2.05. The zero-order chi connectivity index (χ0) is 19.8. The van der Waals surface area contributed by atoms with Gasteiger partial charge in [-0.15, -0.1) is 22.7 Å².